The molecule has 5 nitrogen and oxygen atoms in total. The standard InChI is InChI=1S/C23H24N4O/c1-26(2)21-9-7-20(8-10-21)25-23(28)18-11-13-24-22(15-18)27-14-12-17-5-3-4-6-19(17)16-27/h3-11,13,15H,12,14,16H2,1-2H3,(H,25,28). The summed E-state index contributed by atoms with van der Waals surface area (Å²) in [5.74, 6) is 0.712. The molecule has 28 heavy (non-hydrogen) atoms. The van der Waals surface area contributed by atoms with Crippen LogP contribution in [0.5, 0.6) is 0 Å². The zero-order valence-electron chi connectivity index (χ0n) is 16.2. The Bertz CT molecular complexity index is 982. The molecular weight excluding hydrogens is 348 g/mol. The lowest BCUT2D eigenvalue weighted by molar-refractivity contribution is 0.102. The summed E-state index contributed by atoms with van der Waals surface area (Å²) in [5, 5.41) is 2.97. The largest absolute Gasteiger partial charge is 0.378 e. The number of anilines is 3. The van der Waals surface area contributed by atoms with Gasteiger partial charge in [0.15, 0.2) is 0 Å². The maximum atomic E-state index is 12.7. The number of pyridine rings is 1. The van der Waals surface area contributed by atoms with Gasteiger partial charge in [0.2, 0.25) is 0 Å². The number of carbonyl (C=O) groups is 1. The van der Waals surface area contributed by atoms with E-state index in [-0.39, 0.29) is 5.91 Å². The first-order chi connectivity index (χ1) is 13.6. The van der Waals surface area contributed by atoms with Crippen LogP contribution in [0.25, 0.3) is 0 Å². The molecule has 1 amide bonds. The van der Waals surface area contributed by atoms with Crippen molar-refractivity contribution < 1.29 is 4.79 Å². The van der Waals surface area contributed by atoms with Crippen molar-refractivity contribution in [2.75, 3.05) is 35.8 Å². The lowest BCUT2D eigenvalue weighted by atomic mass is 10.00. The van der Waals surface area contributed by atoms with Crippen molar-refractivity contribution in [2.24, 2.45) is 0 Å². The predicted octanol–water partition coefficient (Wildman–Crippen LogP) is 3.96. The normalized spacial score (nSPS) is 13.0. The SMILES string of the molecule is CN(C)c1ccc(NC(=O)c2ccnc(N3CCc4ccccc4C3)c2)cc1. The van der Waals surface area contributed by atoms with Crippen molar-refractivity contribution in [1.82, 2.24) is 4.98 Å². The summed E-state index contributed by atoms with van der Waals surface area (Å²) in [4.78, 5) is 21.4. The van der Waals surface area contributed by atoms with E-state index in [1.165, 1.54) is 11.1 Å². The molecular formula is C23H24N4O. The van der Waals surface area contributed by atoms with Gasteiger partial charge in [-0.25, -0.2) is 4.98 Å². The van der Waals surface area contributed by atoms with Crippen LogP contribution in [-0.4, -0.2) is 31.5 Å². The number of fused-ring (bicyclic) bond motifs is 1. The number of nitrogens with one attached hydrogen (secondary N) is 1. The highest BCUT2D eigenvalue weighted by Gasteiger charge is 2.18. The fraction of sp³-hybridized carbons (Fsp3) is 0.217. The first kappa shape index (κ1) is 18.0. The Morgan fingerprint density at radius 1 is 1.04 bits per heavy atom. The monoisotopic (exact) mass is 372 g/mol. The van der Waals surface area contributed by atoms with Crippen LogP contribution in [0.15, 0.2) is 66.9 Å². The van der Waals surface area contributed by atoms with Gasteiger partial charge in [-0.3, -0.25) is 4.79 Å². The van der Waals surface area contributed by atoms with Crippen LogP contribution in [0.4, 0.5) is 17.2 Å². The molecule has 0 aliphatic carbocycles. The molecule has 1 N–H and O–H groups in total. The zero-order valence-corrected chi connectivity index (χ0v) is 16.2. The van der Waals surface area contributed by atoms with Crippen molar-refractivity contribution >= 4 is 23.1 Å². The van der Waals surface area contributed by atoms with Crippen molar-refractivity contribution in [3.63, 3.8) is 0 Å². The van der Waals surface area contributed by atoms with Gasteiger partial charge in [-0.15, -0.1) is 0 Å². The van der Waals surface area contributed by atoms with E-state index < -0.39 is 0 Å². The molecule has 4 rings (SSSR count). The number of nitrogens with zero attached hydrogens (tertiary/aromatic N) is 3. The lowest BCUT2D eigenvalue weighted by Crippen LogP contribution is -2.31. The Labute approximate surface area is 165 Å². The molecule has 0 spiro atoms. The fourth-order valence-corrected chi connectivity index (χ4v) is 3.47. The number of hydrogen-bond acceptors (Lipinski definition) is 4. The van der Waals surface area contributed by atoms with Crippen molar-refractivity contribution in [3.05, 3.63) is 83.6 Å². The molecule has 142 valence electrons. The number of hydrogen-bond donors (Lipinski definition) is 1. The molecule has 1 aliphatic heterocycles. The van der Waals surface area contributed by atoms with Crippen molar-refractivity contribution in [2.45, 2.75) is 13.0 Å². The minimum Gasteiger partial charge on any atom is -0.378 e. The number of aromatic nitrogens is 1. The summed E-state index contributed by atoms with van der Waals surface area (Å²) < 4.78 is 0. The summed E-state index contributed by atoms with van der Waals surface area (Å²) in [5.41, 5.74) is 5.20. The predicted molar refractivity (Wildman–Crippen MR) is 114 cm³/mol. The third kappa shape index (κ3) is 3.83. The van der Waals surface area contributed by atoms with Crippen LogP contribution < -0.4 is 15.1 Å². The molecule has 1 aliphatic rings. The summed E-state index contributed by atoms with van der Waals surface area (Å²) in [6.45, 7) is 1.72. The van der Waals surface area contributed by atoms with Crippen LogP contribution in [-0.2, 0) is 13.0 Å². The van der Waals surface area contributed by atoms with Crippen LogP contribution in [0, 0.1) is 0 Å². The van der Waals surface area contributed by atoms with Gasteiger partial charge in [0.1, 0.15) is 5.82 Å². The summed E-state index contributed by atoms with van der Waals surface area (Å²) in [6, 6.07) is 19.9. The molecule has 2 heterocycles. The summed E-state index contributed by atoms with van der Waals surface area (Å²) in [7, 11) is 3.98. The average molecular weight is 372 g/mol. The Kier molecular flexibility index (Phi) is 4.98. The Morgan fingerprint density at radius 3 is 2.54 bits per heavy atom. The molecule has 0 radical (unpaired) electrons. The molecule has 2 aromatic carbocycles. The molecule has 0 saturated carbocycles. The van der Waals surface area contributed by atoms with E-state index in [1.54, 1.807) is 12.3 Å². The molecule has 5 heteroatoms. The van der Waals surface area contributed by atoms with Gasteiger partial charge < -0.3 is 15.1 Å². The highest BCUT2D eigenvalue weighted by molar-refractivity contribution is 6.04. The minimum absolute atomic E-state index is 0.126. The van der Waals surface area contributed by atoms with Gasteiger partial charge in [0.05, 0.1) is 0 Å². The number of amides is 1. The van der Waals surface area contributed by atoms with Gasteiger partial charge in [-0.1, -0.05) is 24.3 Å². The smallest absolute Gasteiger partial charge is 0.255 e. The number of rotatable bonds is 4. The van der Waals surface area contributed by atoms with Crippen molar-refractivity contribution in [1.29, 1.82) is 0 Å². The molecule has 0 unspecified atom stereocenters. The van der Waals surface area contributed by atoms with Gasteiger partial charge in [0, 0.05) is 50.3 Å². The molecule has 1 aromatic heterocycles. The van der Waals surface area contributed by atoms with Crippen LogP contribution in [0.3, 0.4) is 0 Å². The molecule has 0 atom stereocenters. The van der Waals surface area contributed by atoms with Crippen molar-refractivity contribution in [3.8, 4) is 0 Å². The third-order valence-electron chi connectivity index (χ3n) is 5.10. The van der Waals surface area contributed by atoms with Gasteiger partial charge in [-0.05, 0) is 53.9 Å². The maximum absolute atomic E-state index is 12.7. The Hall–Kier alpha value is -3.34. The van der Waals surface area contributed by atoms with Crippen LogP contribution in [0.1, 0.15) is 21.5 Å². The fourth-order valence-electron chi connectivity index (χ4n) is 3.47. The highest BCUT2D eigenvalue weighted by Crippen LogP contribution is 2.24. The average Bonchev–Trinajstić information content (AvgIpc) is 2.74. The molecule has 0 fully saturated rings. The zero-order chi connectivity index (χ0) is 19.5. The number of carbonyl (C=O) groups excluding carboxylic acids is 1. The first-order valence-corrected chi connectivity index (χ1v) is 9.47. The van der Waals surface area contributed by atoms with E-state index in [4.69, 9.17) is 0 Å². The van der Waals surface area contributed by atoms with E-state index in [0.29, 0.717) is 5.56 Å². The second kappa shape index (κ2) is 7.72. The van der Waals surface area contributed by atoms with Gasteiger partial charge >= 0.3 is 0 Å². The first-order valence-electron chi connectivity index (χ1n) is 9.47. The quantitative estimate of drug-likeness (QED) is 0.753. The molecule has 3 aromatic rings. The minimum atomic E-state index is -0.126. The second-order valence-corrected chi connectivity index (χ2v) is 7.24. The topological polar surface area (TPSA) is 48.5 Å². The molecule has 0 bridgehead atoms. The van der Waals surface area contributed by atoms with E-state index >= 15 is 0 Å². The number of benzene rings is 2. The highest BCUT2D eigenvalue weighted by atomic mass is 16.1. The van der Waals surface area contributed by atoms with Crippen LogP contribution in [0.2, 0.25) is 0 Å². The lowest BCUT2D eigenvalue weighted by Gasteiger charge is -2.29. The second-order valence-electron chi connectivity index (χ2n) is 7.24. The van der Waals surface area contributed by atoms with E-state index in [2.05, 4.69) is 39.5 Å². The van der Waals surface area contributed by atoms with Crippen LogP contribution >= 0.6 is 0 Å². The Morgan fingerprint density at radius 2 is 1.79 bits per heavy atom. The van der Waals surface area contributed by atoms with Gasteiger partial charge in [0.25, 0.3) is 5.91 Å². The molecule has 0 saturated heterocycles. The maximum Gasteiger partial charge on any atom is 0.255 e. The van der Waals surface area contributed by atoms with E-state index in [1.807, 2.05) is 49.3 Å². The summed E-state index contributed by atoms with van der Waals surface area (Å²) >= 11 is 0. The third-order valence-corrected chi connectivity index (χ3v) is 5.10. The van der Waals surface area contributed by atoms with Gasteiger partial charge in [-0.2, -0.15) is 0 Å². The van der Waals surface area contributed by atoms with E-state index in [9.17, 15) is 4.79 Å². The summed E-state index contributed by atoms with van der Waals surface area (Å²) in [6.07, 6.45) is 2.70. The Balaban J connectivity index is 1.48. The van der Waals surface area contributed by atoms with E-state index in [0.717, 1.165) is 36.7 Å².